The van der Waals surface area contributed by atoms with Gasteiger partial charge in [0, 0.05) is 55.4 Å². The molecule has 5 rings (SSSR count). The Morgan fingerprint density at radius 3 is 2.47 bits per heavy atom. The Hall–Kier alpha value is -3.47. The molecule has 1 aliphatic heterocycles. The van der Waals surface area contributed by atoms with Gasteiger partial charge in [-0.3, -0.25) is 4.98 Å². The third-order valence-electron chi connectivity index (χ3n) is 7.09. The number of ether oxygens (including phenoxy) is 1. The lowest BCUT2D eigenvalue weighted by Crippen LogP contribution is -2.44. The summed E-state index contributed by atoms with van der Waals surface area (Å²) >= 11 is 0. The fourth-order valence-corrected chi connectivity index (χ4v) is 5.06. The zero-order valence-electron chi connectivity index (χ0n) is 19.7. The number of rotatable bonds is 5. The number of aromatic nitrogens is 4. The van der Waals surface area contributed by atoms with E-state index in [4.69, 9.17) is 10.7 Å². The molecule has 36 heavy (non-hydrogen) atoms. The number of halogens is 3. The van der Waals surface area contributed by atoms with Gasteiger partial charge in [-0.25, -0.2) is 15.0 Å². The molecule has 2 fully saturated rings. The van der Waals surface area contributed by atoms with Crippen molar-refractivity contribution in [2.45, 2.75) is 50.9 Å². The monoisotopic (exact) mass is 499 g/mol. The SMILES string of the molecule is NC1CCC2(CC1)CCN(c1cc(Nc3cc(OC(F)(F)F)ccn3)nc(-c3cccnc3)n1)CC2. The molecule has 0 atom stereocenters. The zero-order valence-corrected chi connectivity index (χ0v) is 19.7. The first-order chi connectivity index (χ1) is 17.3. The third kappa shape index (κ3) is 5.84. The highest BCUT2D eigenvalue weighted by Gasteiger charge is 2.37. The molecule has 4 heterocycles. The number of pyridine rings is 2. The molecular formula is C25H28F3N7O. The molecular weight excluding hydrogens is 471 g/mol. The van der Waals surface area contributed by atoms with Gasteiger partial charge in [0.15, 0.2) is 5.82 Å². The predicted molar refractivity (Wildman–Crippen MR) is 130 cm³/mol. The quantitative estimate of drug-likeness (QED) is 0.502. The summed E-state index contributed by atoms with van der Waals surface area (Å²) in [6.07, 6.45) is 6.45. The molecule has 1 saturated carbocycles. The molecule has 1 aliphatic carbocycles. The normalized spacial score (nSPS) is 18.3. The summed E-state index contributed by atoms with van der Waals surface area (Å²) in [6.45, 7) is 1.73. The lowest BCUT2D eigenvalue weighted by molar-refractivity contribution is -0.274. The molecule has 0 aromatic carbocycles. The lowest BCUT2D eigenvalue weighted by atomic mass is 9.67. The Morgan fingerprint density at radius 2 is 1.78 bits per heavy atom. The molecule has 0 amide bonds. The van der Waals surface area contributed by atoms with E-state index in [9.17, 15) is 13.2 Å². The summed E-state index contributed by atoms with van der Waals surface area (Å²) in [4.78, 5) is 19.9. The van der Waals surface area contributed by atoms with E-state index in [0.717, 1.165) is 56.2 Å². The number of hydrogen-bond acceptors (Lipinski definition) is 8. The summed E-state index contributed by atoms with van der Waals surface area (Å²) in [6, 6.07) is 8.11. The van der Waals surface area contributed by atoms with Crippen LogP contribution in [0.2, 0.25) is 0 Å². The van der Waals surface area contributed by atoms with E-state index in [1.165, 1.54) is 25.1 Å². The van der Waals surface area contributed by atoms with Gasteiger partial charge in [0.1, 0.15) is 23.2 Å². The van der Waals surface area contributed by atoms with Crippen LogP contribution in [0.1, 0.15) is 38.5 Å². The standard InChI is InChI=1S/C25H28F3N7O/c26-25(27,28)36-19-5-11-31-20(14-19)32-21-15-22(34-23(33-21)17-2-1-10-30-16-17)35-12-8-24(9-13-35)6-3-18(29)4-7-24/h1-2,5,10-11,14-16,18H,3-4,6-9,12-13,29H2,(H,31,32,33,34). The lowest BCUT2D eigenvalue weighted by Gasteiger charge is -2.45. The second-order valence-corrected chi connectivity index (χ2v) is 9.55. The largest absolute Gasteiger partial charge is 0.573 e. The number of anilines is 3. The van der Waals surface area contributed by atoms with Gasteiger partial charge < -0.3 is 20.7 Å². The Kier molecular flexibility index (Phi) is 6.65. The summed E-state index contributed by atoms with van der Waals surface area (Å²) in [5, 5.41) is 3.01. The maximum Gasteiger partial charge on any atom is 0.573 e. The molecule has 0 unspecified atom stereocenters. The molecule has 1 saturated heterocycles. The van der Waals surface area contributed by atoms with E-state index in [-0.39, 0.29) is 11.6 Å². The minimum absolute atomic E-state index is 0.176. The number of piperidine rings is 1. The molecule has 0 bridgehead atoms. The van der Waals surface area contributed by atoms with E-state index in [2.05, 4.69) is 29.9 Å². The number of nitrogens with two attached hydrogens (primary N) is 1. The van der Waals surface area contributed by atoms with Gasteiger partial charge in [-0.15, -0.1) is 13.2 Å². The average molecular weight is 500 g/mol. The van der Waals surface area contributed by atoms with Gasteiger partial charge in [0.2, 0.25) is 0 Å². The van der Waals surface area contributed by atoms with Crippen molar-refractivity contribution in [1.82, 2.24) is 19.9 Å². The molecule has 190 valence electrons. The predicted octanol–water partition coefficient (Wildman–Crippen LogP) is 5.06. The molecule has 8 nitrogen and oxygen atoms in total. The molecule has 3 aromatic heterocycles. The van der Waals surface area contributed by atoms with Gasteiger partial charge >= 0.3 is 6.36 Å². The summed E-state index contributed by atoms with van der Waals surface area (Å²) in [7, 11) is 0. The van der Waals surface area contributed by atoms with Crippen LogP contribution >= 0.6 is 0 Å². The second-order valence-electron chi connectivity index (χ2n) is 9.55. The van der Waals surface area contributed by atoms with E-state index in [1.54, 1.807) is 24.5 Å². The molecule has 11 heteroatoms. The van der Waals surface area contributed by atoms with Gasteiger partial charge in [0.05, 0.1) is 0 Å². The highest BCUT2D eigenvalue weighted by molar-refractivity contribution is 5.64. The van der Waals surface area contributed by atoms with Crippen molar-refractivity contribution in [3.63, 3.8) is 0 Å². The summed E-state index contributed by atoms with van der Waals surface area (Å²) in [5.41, 5.74) is 7.22. The Bertz CT molecular complexity index is 1170. The smallest absolute Gasteiger partial charge is 0.406 e. The van der Waals surface area contributed by atoms with Gasteiger partial charge in [-0.1, -0.05) is 0 Å². The minimum atomic E-state index is -4.79. The third-order valence-corrected chi connectivity index (χ3v) is 7.09. The van der Waals surface area contributed by atoms with Crippen LogP contribution in [-0.4, -0.2) is 45.4 Å². The van der Waals surface area contributed by atoms with E-state index >= 15 is 0 Å². The first kappa shape index (κ1) is 24.2. The van der Waals surface area contributed by atoms with E-state index in [0.29, 0.717) is 23.1 Å². The minimum Gasteiger partial charge on any atom is -0.406 e. The van der Waals surface area contributed by atoms with Crippen LogP contribution in [0.5, 0.6) is 5.75 Å². The summed E-state index contributed by atoms with van der Waals surface area (Å²) < 4.78 is 42.0. The van der Waals surface area contributed by atoms with Crippen LogP contribution in [0.25, 0.3) is 11.4 Å². The first-order valence-electron chi connectivity index (χ1n) is 12.1. The van der Waals surface area contributed by atoms with Crippen molar-refractivity contribution in [3.8, 4) is 17.1 Å². The first-order valence-corrected chi connectivity index (χ1v) is 12.1. The maximum atomic E-state index is 12.6. The van der Waals surface area contributed by atoms with Crippen LogP contribution in [0, 0.1) is 5.41 Å². The fraction of sp³-hybridized carbons (Fsp3) is 0.440. The Balaban J connectivity index is 1.40. The highest BCUT2D eigenvalue weighted by atomic mass is 19.4. The highest BCUT2D eigenvalue weighted by Crippen LogP contribution is 2.45. The van der Waals surface area contributed by atoms with E-state index in [1.807, 2.05) is 6.07 Å². The van der Waals surface area contributed by atoms with Gasteiger partial charge in [-0.2, -0.15) is 0 Å². The van der Waals surface area contributed by atoms with Crippen molar-refractivity contribution >= 4 is 17.5 Å². The number of nitrogens with one attached hydrogen (secondary N) is 1. The second kappa shape index (κ2) is 9.88. The zero-order chi connectivity index (χ0) is 25.2. The van der Waals surface area contributed by atoms with Crippen molar-refractivity contribution in [1.29, 1.82) is 0 Å². The fourth-order valence-electron chi connectivity index (χ4n) is 5.06. The molecule has 3 aromatic rings. The topological polar surface area (TPSA) is 102 Å². The van der Waals surface area contributed by atoms with Crippen molar-refractivity contribution in [2.24, 2.45) is 11.1 Å². The average Bonchev–Trinajstić information content (AvgIpc) is 2.86. The molecule has 1 spiro atoms. The van der Waals surface area contributed by atoms with Crippen molar-refractivity contribution in [2.75, 3.05) is 23.3 Å². The van der Waals surface area contributed by atoms with Crippen LogP contribution in [0.4, 0.5) is 30.6 Å². The number of alkyl halides is 3. The van der Waals surface area contributed by atoms with E-state index < -0.39 is 6.36 Å². The Labute approximate surface area is 207 Å². The Morgan fingerprint density at radius 1 is 1.00 bits per heavy atom. The van der Waals surface area contributed by atoms with Crippen molar-refractivity contribution < 1.29 is 17.9 Å². The molecule has 3 N–H and O–H groups in total. The summed E-state index contributed by atoms with van der Waals surface area (Å²) in [5.74, 6) is 1.44. The molecule has 0 radical (unpaired) electrons. The number of nitrogens with zero attached hydrogens (tertiary/aromatic N) is 5. The van der Waals surface area contributed by atoms with Crippen molar-refractivity contribution in [3.05, 3.63) is 48.9 Å². The molecule has 2 aliphatic rings. The van der Waals surface area contributed by atoms with Crippen LogP contribution in [0.3, 0.4) is 0 Å². The van der Waals surface area contributed by atoms with Gasteiger partial charge in [0.25, 0.3) is 0 Å². The van der Waals surface area contributed by atoms with Gasteiger partial charge in [-0.05, 0) is 62.1 Å². The van der Waals surface area contributed by atoms with Crippen LogP contribution < -0.4 is 20.7 Å². The van der Waals surface area contributed by atoms with Crippen LogP contribution in [0.15, 0.2) is 48.9 Å². The number of hydrogen-bond donors (Lipinski definition) is 2. The van der Waals surface area contributed by atoms with Crippen LogP contribution in [-0.2, 0) is 0 Å². The maximum absolute atomic E-state index is 12.6.